The zero-order valence-corrected chi connectivity index (χ0v) is 16.2. The standard InChI is InChI=1S/C23H24N4O/c1-27(15-11-17-9-13-24-14-10-17)16-21-20-4-3-12-25-23(20)26-22(21)18-5-7-19(28-2)8-6-18/h3-10,12-14H,11,15-16H2,1-2H3,(H,25,26). The Morgan fingerprint density at radius 3 is 2.54 bits per heavy atom. The number of ether oxygens (including phenoxy) is 1. The first-order chi connectivity index (χ1) is 13.7. The number of H-pyrrole nitrogens is 1. The summed E-state index contributed by atoms with van der Waals surface area (Å²) in [7, 11) is 3.85. The Morgan fingerprint density at radius 1 is 1.00 bits per heavy atom. The molecule has 0 aliphatic heterocycles. The highest BCUT2D eigenvalue weighted by molar-refractivity contribution is 5.88. The van der Waals surface area contributed by atoms with E-state index in [2.05, 4.69) is 57.2 Å². The first-order valence-electron chi connectivity index (χ1n) is 9.42. The molecule has 0 aliphatic rings. The predicted octanol–water partition coefficient (Wildman–Crippen LogP) is 4.31. The van der Waals surface area contributed by atoms with Gasteiger partial charge in [0.2, 0.25) is 0 Å². The van der Waals surface area contributed by atoms with Gasteiger partial charge in [0.1, 0.15) is 11.4 Å². The molecule has 0 fully saturated rings. The number of fused-ring (bicyclic) bond motifs is 1. The summed E-state index contributed by atoms with van der Waals surface area (Å²) in [5, 5.41) is 1.17. The van der Waals surface area contributed by atoms with E-state index in [1.54, 1.807) is 7.11 Å². The maximum atomic E-state index is 5.30. The molecule has 1 N–H and O–H groups in total. The smallest absolute Gasteiger partial charge is 0.138 e. The monoisotopic (exact) mass is 372 g/mol. The lowest BCUT2D eigenvalue weighted by Crippen LogP contribution is -2.21. The van der Waals surface area contributed by atoms with Gasteiger partial charge in [-0.1, -0.05) is 0 Å². The number of aromatic amines is 1. The molecule has 0 amide bonds. The topological polar surface area (TPSA) is 54.0 Å². The minimum atomic E-state index is 0.845. The van der Waals surface area contributed by atoms with Crippen LogP contribution in [0.4, 0.5) is 0 Å². The van der Waals surface area contributed by atoms with Gasteiger partial charge < -0.3 is 14.6 Å². The van der Waals surface area contributed by atoms with E-state index in [4.69, 9.17) is 4.74 Å². The Balaban J connectivity index is 1.61. The van der Waals surface area contributed by atoms with Crippen LogP contribution in [0.3, 0.4) is 0 Å². The first-order valence-corrected chi connectivity index (χ1v) is 9.42. The minimum absolute atomic E-state index is 0.845. The highest BCUT2D eigenvalue weighted by atomic mass is 16.5. The fraction of sp³-hybridized carbons (Fsp3) is 0.217. The zero-order chi connectivity index (χ0) is 19.3. The van der Waals surface area contributed by atoms with Gasteiger partial charge in [-0.15, -0.1) is 0 Å². The number of aromatic nitrogens is 3. The van der Waals surface area contributed by atoms with E-state index in [9.17, 15) is 0 Å². The summed E-state index contributed by atoms with van der Waals surface area (Å²) in [6.45, 7) is 1.82. The molecule has 5 heteroatoms. The molecule has 142 valence electrons. The van der Waals surface area contributed by atoms with Crippen molar-refractivity contribution >= 4 is 11.0 Å². The van der Waals surface area contributed by atoms with Crippen molar-refractivity contribution in [1.82, 2.24) is 19.9 Å². The van der Waals surface area contributed by atoms with Crippen LogP contribution >= 0.6 is 0 Å². The van der Waals surface area contributed by atoms with Gasteiger partial charge in [-0.2, -0.15) is 0 Å². The van der Waals surface area contributed by atoms with E-state index in [0.717, 1.165) is 42.2 Å². The van der Waals surface area contributed by atoms with Crippen molar-refractivity contribution in [2.24, 2.45) is 0 Å². The largest absolute Gasteiger partial charge is 0.497 e. The maximum Gasteiger partial charge on any atom is 0.138 e. The summed E-state index contributed by atoms with van der Waals surface area (Å²) in [6, 6.07) is 16.4. The second-order valence-electron chi connectivity index (χ2n) is 6.95. The highest BCUT2D eigenvalue weighted by Gasteiger charge is 2.15. The van der Waals surface area contributed by atoms with E-state index < -0.39 is 0 Å². The van der Waals surface area contributed by atoms with E-state index in [1.165, 1.54) is 16.5 Å². The number of benzene rings is 1. The molecule has 1 aromatic carbocycles. The van der Waals surface area contributed by atoms with Gasteiger partial charge >= 0.3 is 0 Å². The van der Waals surface area contributed by atoms with Gasteiger partial charge in [-0.05, 0) is 73.1 Å². The van der Waals surface area contributed by atoms with Crippen LogP contribution in [0.2, 0.25) is 0 Å². The van der Waals surface area contributed by atoms with E-state index in [1.807, 2.05) is 36.8 Å². The SMILES string of the molecule is COc1ccc(-c2[nH]c3ncccc3c2CN(C)CCc2ccncc2)cc1. The average Bonchev–Trinajstić information content (AvgIpc) is 3.11. The number of nitrogens with zero attached hydrogens (tertiary/aromatic N) is 3. The van der Waals surface area contributed by atoms with Gasteiger partial charge in [0.15, 0.2) is 0 Å². The van der Waals surface area contributed by atoms with Crippen LogP contribution in [0.1, 0.15) is 11.1 Å². The van der Waals surface area contributed by atoms with Crippen LogP contribution in [0, 0.1) is 0 Å². The molecule has 0 spiro atoms. The van der Waals surface area contributed by atoms with Crippen LogP contribution in [0.15, 0.2) is 67.1 Å². The van der Waals surface area contributed by atoms with Crippen LogP contribution in [-0.2, 0) is 13.0 Å². The number of hydrogen-bond acceptors (Lipinski definition) is 4. The molecule has 0 aliphatic carbocycles. The number of methoxy groups -OCH3 is 1. The summed E-state index contributed by atoms with van der Waals surface area (Å²) in [4.78, 5) is 14.5. The fourth-order valence-corrected chi connectivity index (χ4v) is 3.46. The molecule has 4 aromatic rings. The number of hydrogen-bond donors (Lipinski definition) is 1. The van der Waals surface area contributed by atoms with Crippen molar-refractivity contribution in [3.63, 3.8) is 0 Å². The molecule has 0 saturated heterocycles. The van der Waals surface area contributed by atoms with Gasteiger partial charge in [0, 0.05) is 42.6 Å². The lowest BCUT2D eigenvalue weighted by molar-refractivity contribution is 0.333. The molecule has 0 bridgehead atoms. The molecule has 0 atom stereocenters. The number of nitrogens with one attached hydrogen (secondary N) is 1. The summed E-state index contributed by atoms with van der Waals surface area (Å²) in [5.74, 6) is 0.856. The van der Waals surface area contributed by atoms with E-state index >= 15 is 0 Å². The fourth-order valence-electron chi connectivity index (χ4n) is 3.46. The Labute approximate surface area is 165 Å². The Morgan fingerprint density at radius 2 is 1.79 bits per heavy atom. The van der Waals surface area contributed by atoms with E-state index in [-0.39, 0.29) is 0 Å². The van der Waals surface area contributed by atoms with Gasteiger partial charge in [-0.3, -0.25) is 4.98 Å². The quantitative estimate of drug-likeness (QED) is 0.525. The zero-order valence-electron chi connectivity index (χ0n) is 16.2. The van der Waals surface area contributed by atoms with Crippen molar-refractivity contribution < 1.29 is 4.74 Å². The first kappa shape index (κ1) is 18.2. The molecule has 0 unspecified atom stereocenters. The summed E-state index contributed by atoms with van der Waals surface area (Å²) < 4.78 is 5.30. The van der Waals surface area contributed by atoms with Crippen LogP contribution in [0.25, 0.3) is 22.3 Å². The van der Waals surface area contributed by atoms with Crippen molar-refractivity contribution in [3.8, 4) is 17.0 Å². The Hall–Kier alpha value is -3.18. The van der Waals surface area contributed by atoms with Crippen molar-refractivity contribution in [2.75, 3.05) is 20.7 Å². The second kappa shape index (κ2) is 8.23. The van der Waals surface area contributed by atoms with E-state index in [0.29, 0.717) is 0 Å². The minimum Gasteiger partial charge on any atom is -0.497 e. The third-order valence-corrected chi connectivity index (χ3v) is 5.02. The van der Waals surface area contributed by atoms with Crippen LogP contribution in [-0.4, -0.2) is 40.6 Å². The molecule has 0 radical (unpaired) electrons. The highest BCUT2D eigenvalue weighted by Crippen LogP contribution is 2.31. The lowest BCUT2D eigenvalue weighted by atomic mass is 10.0. The van der Waals surface area contributed by atoms with Crippen molar-refractivity contribution in [1.29, 1.82) is 0 Å². The average molecular weight is 372 g/mol. The molecule has 3 aromatic heterocycles. The van der Waals surface area contributed by atoms with Crippen molar-refractivity contribution in [2.45, 2.75) is 13.0 Å². The second-order valence-corrected chi connectivity index (χ2v) is 6.95. The molecule has 0 saturated carbocycles. The Kier molecular flexibility index (Phi) is 5.35. The summed E-state index contributed by atoms with van der Waals surface area (Å²) >= 11 is 0. The van der Waals surface area contributed by atoms with Gasteiger partial charge in [0.25, 0.3) is 0 Å². The van der Waals surface area contributed by atoms with Crippen LogP contribution in [0.5, 0.6) is 5.75 Å². The summed E-state index contributed by atoms with van der Waals surface area (Å²) in [6.07, 6.45) is 6.52. The van der Waals surface area contributed by atoms with Crippen molar-refractivity contribution in [3.05, 3.63) is 78.2 Å². The molecular formula is C23H24N4O. The molecule has 4 rings (SSSR count). The third kappa shape index (κ3) is 3.89. The third-order valence-electron chi connectivity index (χ3n) is 5.02. The molecular weight excluding hydrogens is 348 g/mol. The summed E-state index contributed by atoms with van der Waals surface area (Å²) in [5.41, 5.74) is 5.75. The molecule has 3 heterocycles. The number of pyridine rings is 2. The Bertz CT molecular complexity index is 1040. The van der Waals surface area contributed by atoms with Gasteiger partial charge in [0.05, 0.1) is 12.8 Å². The number of rotatable bonds is 7. The molecule has 5 nitrogen and oxygen atoms in total. The number of likely N-dealkylation sites (N-methyl/N-ethyl adjacent to an activating group) is 1. The van der Waals surface area contributed by atoms with Crippen LogP contribution < -0.4 is 4.74 Å². The molecule has 28 heavy (non-hydrogen) atoms. The normalized spacial score (nSPS) is 11.2. The lowest BCUT2D eigenvalue weighted by Gasteiger charge is -2.17. The van der Waals surface area contributed by atoms with Gasteiger partial charge in [-0.25, -0.2) is 4.98 Å². The predicted molar refractivity (Wildman–Crippen MR) is 112 cm³/mol. The maximum absolute atomic E-state index is 5.30.